The summed E-state index contributed by atoms with van der Waals surface area (Å²) in [5, 5.41) is 4.63. The fraction of sp³-hybridized carbons (Fsp3) is 0.500. The predicted molar refractivity (Wildman–Crippen MR) is 130 cm³/mol. The second-order valence-corrected chi connectivity index (χ2v) is 13.6. The molecule has 3 unspecified atom stereocenters. The van der Waals surface area contributed by atoms with Crippen LogP contribution in [0.15, 0.2) is 0 Å². The minimum absolute atomic E-state index is 0. The SMILES string of the molecule is Cc1[c-]p(C)c(C)c1C.Cc1[c-]p(C)c(C)c1C.Cc1[c-]p(C)c(C)c1C.[Cl-].[Cl-].[Cl-].[Ti+2].[Ti+2].[Ti+2]. The molecule has 3 aromatic heterocycles. The van der Waals surface area contributed by atoms with Crippen LogP contribution >= 0.6 is 22.6 Å². The number of hydrogen-bond donors (Lipinski definition) is 0. The van der Waals surface area contributed by atoms with Crippen molar-refractivity contribution in [1.29, 1.82) is 0 Å². The molecule has 0 fully saturated rings. The monoisotopic (exact) mass is 666 g/mol. The van der Waals surface area contributed by atoms with E-state index in [0.29, 0.717) is 0 Å². The molecule has 3 heterocycles. The molecular formula is C24H36Cl3P3Ti3. The molecule has 0 aliphatic rings. The summed E-state index contributed by atoms with van der Waals surface area (Å²) in [6, 6.07) is 0. The fourth-order valence-electron chi connectivity index (χ4n) is 2.83. The van der Waals surface area contributed by atoms with Gasteiger partial charge in [0.1, 0.15) is 0 Å². The molecule has 3 rings (SSSR count). The van der Waals surface area contributed by atoms with E-state index >= 15 is 0 Å². The average molecular weight is 667 g/mol. The van der Waals surface area contributed by atoms with Crippen molar-refractivity contribution < 1.29 is 102 Å². The maximum Gasteiger partial charge on any atom is 2.00 e. The standard InChI is InChI=1S/3C8H12P.3ClH.3Ti/c3*1-6-5-9(4)8(3)7(6)2;;;;;;/h3*1-4H3;3*1H;;;/q3*-1;;;;3*+2/p-3. The first-order valence-electron chi connectivity index (χ1n) is 9.43. The zero-order chi connectivity index (χ0) is 21.0. The van der Waals surface area contributed by atoms with Crippen LogP contribution in [0.1, 0.15) is 49.3 Å². The van der Waals surface area contributed by atoms with E-state index in [9.17, 15) is 0 Å². The summed E-state index contributed by atoms with van der Waals surface area (Å²) in [7, 11) is -0.0370. The first kappa shape index (κ1) is 48.4. The van der Waals surface area contributed by atoms with E-state index in [1.54, 1.807) is 15.9 Å². The van der Waals surface area contributed by atoms with Gasteiger partial charge in [-0.25, -0.2) is 0 Å². The van der Waals surface area contributed by atoms with Crippen molar-refractivity contribution in [2.75, 3.05) is 0 Å². The molecule has 3 aromatic rings. The molecule has 0 nitrogen and oxygen atoms in total. The number of rotatable bonds is 0. The van der Waals surface area contributed by atoms with Crippen LogP contribution in [0.2, 0.25) is 0 Å². The maximum atomic E-state index is 3.42. The minimum atomic E-state index is -0.0123. The van der Waals surface area contributed by atoms with Crippen molar-refractivity contribution in [3.63, 3.8) is 0 Å². The van der Waals surface area contributed by atoms with Crippen LogP contribution in [0.4, 0.5) is 0 Å². The van der Waals surface area contributed by atoms with E-state index in [4.69, 9.17) is 0 Å². The zero-order valence-electron chi connectivity index (χ0n) is 22.0. The van der Waals surface area contributed by atoms with Gasteiger partial charge in [0.05, 0.1) is 0 Å². The molecule has 0 saturated heterocycles. The van der Waals surface area contributed by atoms with Crippen molar-refractivity contribution in [2.24, 2.45) is 20.0 Å². The van der Waals surface area contributed by atoms with Crippen molar-refractivity contribution in [3.8, 4) is 0 Å². The first-order valence-corrected chi connectivity index (χ1v) is 14.8. The fourth-order valence-corrected chi connectivity index (χ4v) is 7.35. The van der Waals surface area contributed by atoms with Gasteiger partial charge in [0, 0.05) is 0 Å². The van der Waals surface area contributed by atoms with Gasteiger partial charge in [-0.05, 0) is 20.0 Å². The van der Waals surface area contributed by atoms with Gasteiger partial charge in [0.15, 0.2) is 0 Å². The van der Waals surface area contributed by atoms with Crippen LogP contribution in [0.5, 0.6) is 0 Å². The normalized spacial score (nSPS) is 10.0. The van der Waals surface area contributed by atoms with Gasteiger partial charge >= 0.3 is 65.2 Å². The van der Waals surface area contributed by atoms with Crippen molar-refractivity contribution in [3.05, 3.63) is 66.7 Å². The topological polar surface area (TPSA) is 0 Å². The molecule has 0 spiro atoms. The predicted octanol–water partition coefficient (Wildman–Crippen LogP) is -0.189. The summed E-state index contributed by atoms with van der Waals surface area (Å²) < 4.78 is 0. The van der Waals surface area contributed by atoms with Crippen molar-refractivity contribution >= 4 is 22.6 Å². The summed E-state index contributed by atoms with van der Waals surface area (Å²) >= 11 is 0. The van der Waals surface area contributed by atoms with Gasteiger partial charge in [-0.1, -0.05) is 62.3 Å². The van der Waals surface area contributed by atoms with Crippen LogP contribution in [-0.2, 0) is 85.1 Å². The zero-order valence-corrected chi connectivity index (χ0v) is 31.6. The van der Waals surface area contributed by atoms with E-state index in [1.165, 1.54) is 33.4 Å². The molecule has 33 heavy (non-hydrogen) atoms. The third kappa shape index (κ3) is 14.2. The van der Waals surface area contributed by atoms with Gasteiger partial charge < -0.3 is 37.2 Å². The Bertz CT molecular complexity index is 743. The van der Waals surface area contributed by atoms with E-state index < -0.39 is 0 Å². The van der Waals surface area contributed by atoms with Gasteiger partial charge in [-0.15, -0.1) is 0 Å². The van der Waals surface area contributed by atoms with Crippen LogP contribution in [0, 0.1) is 79.7 Å². The van der Waals surface area contributed by atoms with Gasteiger partial charge in [0.2, 0.25) is 0 Å². The molecule has 0 bridgehead atoms. The van der Waals surface area contributed by atoms with E-state index in [1.807, 2.05) is 0 Å². The summed E-state index contributed by atoms with van der Waals surface area (Å²) in [4.78, 5) is 0. The van der Waals surface area contributed by atoms with Crippen LogP contribution in [-0.4, -0.2) is 0 Å². The first-order chi connectivity index (χ1) is 12.4. The Morgan fingerprint density at radius 3 is 0.576 bits per heavy atom. The van der Waals surface area contributed by atoms with Crippen LogP contribution in [0.3, 0.4) is 0 Å². The molecular weight excluding hydrogens is 631 g/mol. The smallest absolute Gasteiger partial charge is 1.00 e. The number of hydrogen-bond acceptors (Lipinski definition) is 0. The molecule has 0 N–H and O–H groups in total. The second-order valence-electron chi connectivity index (χ2n) is 7.52. The molecule has 0 aromatic carbocycles. The summed E-state index contributed by atoms with van der Waals surface area (Å²) in [5.74, 6) is 10.3. The quantitative estimate of drug-likeness (QED) is 0.231. The van der Waals surface area contributed by atoms with Crippen molar-refractivity contribution in [1.82, 2.24) is 0 Å². The van der Waals surface area contributed by atoms with Crippen LogP contribution in [0.25, 0.3) is 0 Å². The molecule has 0 amide bonds. The Balaban J connectivity index is -0.0000000759. The summed E-state index contributed by atoms with van der Waals surface area (Å²) in [6.45, 7) is 26.4. The average Bonchev–Trinajstić information content (AvgIpc) is 3.07. The second kappa shape index (κ2) is 22.3. The van der Waals surface area contributed by atoms with E-state index in [-0.39, 0.29) is 125 Å². The van der Waals surface area contributed by atoms with Gasteiger partial charge in [-0.3, -0.25) is 22.6 Å². The molecule has 0 aliphatic carbocycles. The Hall–Kier alpha value is 2.35. The van der Waals surface area contributed by atoms with E-state index in [0.717, 1.165) is 0 Å². The minimum Gasteiger partial charge on any atom is -1.00 e. The summed E-state index contributed by atoms with van der Waals surface area (Å²) in [6.07, 6.45) is 0. The molecule has 180 valence electrons. The Morgan fingerprint density at radius 2 is 0.545 bits per heavy atom. The number of halogens is 3. The Morgan fingerprint density at radius 1 is 0.394 bits per heavy atom. The van der Waals surface area contributed by atoms with Gasteiger partial charge in [0.25, 0.3) is 0 Å². The number of aryl methyl sites for hydroxylation is 6. The molecule has 3 atom stereocenters. The summed E-state index contributed by atoms with van der Waals surface area (Å²) in [5.41, 5.74) is 8.47. The molecule has 9 heteroatoms. The third-order valence-electron chi connectivity index (χ3n) is 5.83. The Labute approximate surface area is 271 Å². The molecule has 0 aliphatic heterocycles. The van der Waals surface area contributed by atoms with Crippen molar-refractivity contribution in [2.45, 2.75) is 62.3 Å². The Kier molecular flexibility index (Phi) is 32.8. The third-order valence-corrected chi connectivity index (χ3v) is 11.9. The van der Waals surface area contributed by atoms with Crippen LogP contribution < -0.4 is 37.2 Å². The maximum absolute atomic E-state index is 3.42. The molecule has 0 radical (unpaired) electrons. The van der Waals surface area contributed by atoms with E-state index in [2.05, 4.69) is 99.7 Å². The largest absolute Gasteiger partial charge is 2.00 e. The van der Waals surface area contributed by atoms with Gasteiger partial charge in [-0.2, -0.15) is 66.7 Å². The molecule has 0 saturated carbocycles.